The van der Waals surface area contributed by atoms with Crippen LogP contribution in [0.15, 0.2) is 84.9 Å². The van der Waals surface area contributed by atoms with Crippen LogP contribution in [-0.2, 0) is 20.9 Å². The lowest BCUT2D eigenvalue weighted by atomic mass is 9.91. The van der Waals surface area contributed by atoms with E-state index in [-0.39, 0.29) is 30.9 Å². The smallest absolute Gasteiger partial charge is 0.318 e. The maximum atomic E-state index is 14.1. The summed E-state index contributed by atoms with van der Waals surface area (Å²) in [6.07, 6.45) is 1.76. The summed E-state index contributed by atoms with van der Waals surface area (Å²) < 4.78 is 19.5. The van der Waals surface area contributed by atoms with Crippen LogP contribution in [-0.4, -0.2) is 29.4 Å². The first-order valence-electron chi connectivity index (χ1n) is 10.4. The molecule has 1 amide bonds. The van der Waals surface area contributed by atoms with Gasteiger partial charge in [-0.05, 0) is 30.0 Å². The Labute approximate surface area is 181 Å². The second-order valence-electron chi connectivity index (χ2n) is 7.71. The largest absolute Gasteiger partial charge is 0.455 e. The van der Waals surface area contributed by atoms with Crippen LogP contribution < -0.4 is 0 Å². The first kappa shape index (κ1) is 20.8. The van der Waals surface area contributed by atoms with Crippen LogP contribution in [0.3, 0.4) is 0 Å². The highest BCUT2D eigenvalue weighted by molar-refractivity contribution is 5.86. The molecule has 0 aromatic heterocycles. The standard InChI is InChI=1S/C26H24FNO3/c27-23-14-8-7-13-21(23)17-28(22-15-16-22)24(29)18-31-26(30)25(19-9-3-1-4-10-19)20-11-5-2-6-12-20/h1-14,22,25H,15-18H2. The predicted molar refractivity (Wildman–Crippen MR) is 116 cm³/mol. The zero-order valence-electron chi connectivity index (χ0n) is 17.1. The SMILES string of the molecule is O=C(OCC(=O)N(Cc1ccccc1F)C1CC1)C(c1ccccc1)c1ccccc1. The number of halogens is 1. The van der Waals surface area contributed by atoms with E-state index in [1.165, 1.54) is 6.07 Å². The van der Waals surface area contributed by atoms with Crippen LogP contribution in [0, 0.1) is 5.82 Å². The molecular weight excluding hydrogens is 393 g/mol. The normalized spacial score (nSPS) is 13.1. The van der Waals surface area contributed by atoms with E-state index >= 15 is 0 Å². The number of amides is 1. The number of carbonyl (C=O) groups excluding carboxylic acids is 2. The Morgan fingerprint density at radius 3 is 1.97 bits per heavy atom. The Kier molecular flexibility index (Phi) is 6.41. The van der Waals surface area contributed by atoms with E-state index in [4.69, 9.17) is 4.74 Å². The van der Waals surface area contributed by atoms with E-state index in [2.05, 4.69) is 0 Å². The molecule has 0 radical (unpaired) electrons. The molecule has 3 aromatic rings. The fourth-order valence-corrected chi connectivity index (χ4v) is 3.67. The zero-order valence-corrected chi connectivity index (χ0v) is 17.1. The summed E-state index contributed by atoms with van der Waals surface area (Å²) in [6, 6.07) is 25.2. The molecule has 158 valence electrons. The molecule has 1 aliphatic rings. The van der Waals surface area contributed by atoms with Crippen molar-refractivity contribution in [2.75, 3.05) is 6.61 Å². The van der Waals surface area contributed by atoms with Crippen molar-refractivity contribution in [3.63, 3.8) is 0 Å². The van der Waals surface area contributed by atoms with Crippen LogP contribution in [0.4, 0.5) is 4.39 Å². The van der Waals surface area contributed by atoms with Crippen molar-refractivity contribution < 1.29 is 18.7 Å². The van der Waals surface area contributed by atoms with Gasteiger partial charge in [0.1, 0.15) is 11.7 Å². The average Bonchev–Trinajstić information content (AvgIpc) is 3.64. The number of carbonyl (C=O) groups is 2. The van der Waals surface area contributed by atoms with Crippen molar-refractivity contribution in [2.45, 2.75) is 31.3 Å². The second kappa shape index (κ2) is 9.56. The molecule has 31 heavy (non-hydrogen) atoms. The maximum Gasteiger partial charge on any atom is 0.318 e. The minimum atomic E-state index is -0.615. The summed E-state index contributed by atoms with van der Waals surface area (Å²) in [5.41, 5.74) is 2.06. The third-order valence-electron chi connectivity index (χ3n) is 5.45. The van der Waals surface area contributed by atoms with Crippen LogP contribution in [0.25, 0.3) is 0 Å². The van der Waals surface area contributed by atoms with Gasteiger partial charge >= 0.3 is 5.97 Å². The molecule has 0 spiro atoms. The molecule has 4 nitrogen and oxygen atoms in total. The first-order chi connectivity index (χ1) is 15.1. The van der Waals surface area contributed by atoms with Gasteiger partial charge < -0.3 is 9.64 Å². The van der Waals surface area contributed by atoms with Gasteiger partial charge in [-0.3, -0.25) is 9.59 Å². The molecule has 4 rings (SSSR count). The fraction of sp³-hybridized carbons (Fsp3) is 0.231. The van der Waals surface area contributed by atoms with E-state index < -0.39 is 11.9 Å². The van der Waals surface area contributed by atoms with E-state index in [9.17, 15) is 14.0 Å². The number of rotatable bonds is 8. The van der Waals surface area contributed by atoms with Gasteiger partial charge in [0.15, 0.2) is 6.61 Å². The van der Waals surface area contributed by atoms with E-state index in [0.717, 1.165) is 24.0 Å². The second-order valence-corrected chi connectivity index (χ2v) is 7.71. The van der Waals surface area contributed by atoms with Gasteiger partial charge in [0.2, 0.25) is 0 Å². The quantitative estimate of drug-likeness (QED) is 0.500. The topological polar surface area (TPSA) is 46.6 Å². The highest BCUT2D eigenvalue weighted by atomic mass is 19.1. The molecule has 1 fully saturated rings. The molecule has 0 saturated heterocycles. The summed E-state index contributed by atoms with van der Waals surface area (Å²) >= 11 is 0. The molecule has 5 heteroatoms. The van der Waals surface area contributed by atoms with Crippen LogP contribution in [0.2, 0.25) is 0 Å². The number of hydrogen-bond acceptors (Lipinski definition) is 3. The molecule has 3 aromatic carbocycles. The van der Waals surface area contributed by atoms with Crippen molar-refractivity contribution in [3.05, 3.63) is 107 Å². The Bertz CT molecular complexity index is 995. The monoisotopic (exact) mass is 417 g/mol. The molecule has 1 saturated carbocycles. The summed E-state index contributed by atoms with van der Waals surface area (Å²) in [6.45, 7) is -0.186. The van der Waals surface area contributed by atoms with Gasteiger partial charge in [-0.25, -0.2) is 4.39 Å². The summed E-state index contributed by atoms with van der Waals surface area (Å²) in [5.74, 6) is -1.74. The van der Waals surface area contributed by atoms with Crippen molar-refractivity contribution in [1.29, 1.82) is 0 Å². The number of ether oxygens (including phenoxy) is 1. The molecule has 0 N–H and O–H groups in total. The van der Waals surface area contributed by atoms with Gasteiger partial charge in [-0.1, -0.05) is 78.9 Å². The van der Waals surface area contributed by atoms with Crippen LogP contribution >= 0.6 is 0 Å². The Balaban J connectivity index is 1.46. The van der Waals surface area contributed by atoms with Gasteiger partial charge in [0.05, 0.1) is 0 Å². The molecule has 0 atom stereocenters. The lowest BCUT2D eigenvalue weighted by Crippen LogP contribution is -2.36. The molecule has 0 bridgehead atoms. The highest BCUT2D eigenvalue weighted by Gasteiger charge is 2.34. The number of hydrogen-bond donors (Lipinski definition) is 0. The van der Waals surface area contributed by atoms with Crippen molar-refractivity contribution in [2.24, 2.45) is 0 Å². The fourth-order valence-electron chi connectivity index (χ4n) is 3.67. The Hall–Kier alpha value is -3.47. The Morgan fingerprint density at radius 2 is 1.42 bits per heavy atom. The zero-order chi connectivity index (χ0) is 21.6. The predicted octanol–water partition coefficient (Wildman–Crippen LogP) is 4.69. The maximum absolute atomic E-state index is 14.1. The highest BCUT2D eigenvalue weighted by Crippen LogP contribution is 2.30. The minimum Gasteiger partial charge on any atom is -0.455 e. The van der Waals surface area contributed by atoms with E-state index in [1.54, 1.807) is 23.1 Å². The van der Waals surface area contributed by atoms with Gasteiger partial charge in [-0.15, -0.1) is 0 Å². The lowest BCUT2D eigenvalue weighted by molar-refractivity contribution is -0.153. The van der Waals surface area contributed by atoms with Crippen LogP contribution in [0.5, 0.6) is 0 Å². The number of benzene rings is 3. The summed E-state index contributed by atoms with van der Waals surface area (Å²) in [4.78, 5) is 27.5. The number of esters is 1. The molecule has 1 aliphatic carbocycles. The average molecular weight is 417 g/mol. The third kappa shape index (κ3) is 5.18. The molecule has 0 unspecified atom stereocenters. The minimum absolute atomic E-state index is 0.0739. The van der Waals surface area contributed by atoms with Crippen LogP contribution in [0.1, 0.15) is 35.4 Å². The number of nitrogens with zero attached hydrogens (tertiary/aromatic N) is 1. The van der Waals surface area contributed by atoms with E-state index in [0.29, 0.717) is 5.56 Å². The first-order valence-corrected chi connectivity index (χ1v) is 10.4. The van der Waals surface area contributed by atoms with Gasteiger partial charge in [-0.2, -0.15) is 0 Å². The summed E-state index contributed by atoms with van der Waals surface area (Å²) in [7, 11) is 0. The molecule has 0 heterocycles. The van der Waals surface area contributed by atoms with Crippen molar-refractivity contribution >= 4 is 11.9 Å². The lowest BCUT2D eigenvalue weighted by Gasteiger charge is -2.23. The molecular formula is C26H24FNO3. The van der Waals surface area contributed by atoms with E-state index in [1.807, 2.05) is 60.7 Å². The summed E-state index contributed by atoms with van der Waals surface area (Å²) in [5, 5.41) is 0. The van der Waals surface area contributed by atoms with Crippen molar-refractivity contribution in [1.82, 2.24) is 4.90 Å². The van der Waals surface area contributed by atoms with Crippen molar-refractivity contribution in [3.8, 4) is 0 Å². The third-order valence-corrected chi connectivity index (χ3v) is 5.45. The molecule has 0 aliphatic heterocycles. The Morgan fingerprint density at radius 1 is 0.871 bits per heavy atom. The van der Waals surface area contributed by atoms with Gasteiger partial charge in [0, 0.05) is 18.2 Å². The van der Waals surface area contributed by atoms with Gasteiger partial charge in [0.25, 0.3) is 5.91 Å².